The van der Waals surface area contributed by atoms with Crippen molar-refractivity contribution < 1.29 is 9.15 Å². The van der Waals surface area contributed by atoms with E-state index in [1.807, 2.05) is 17.8 Å². The molecule has 0 bridgehead atoms. The fourth-order valence-corrected chi connectivity index (χ4v) is 1.31. The molecule has 0 atom stereocenters. The second-order valence-electron chi connectivity index (χ2n) is 3.98. The van der Waals surface area contributed by atoms with E-state index in [1.54, 1.807) is 6.20 Å². The van der Waals surface area contributed by atoms with Crippen molar-refractivity contribution in [2.75, 3.05) is 0 Å². The molecular formula is C11H16N4O2. The molecule has 0 N–H and O–H groups in total. The Labute approximate surface area is 99.6 Å². The van der Waals surface area contributed by atoms with Gasteiger partial charge in [-0.25, -0.2) is 0 Å². The lowest BCUT2D eigenvalue weighted by atomic mass is 10.4. The van der Waals surface area contributed by atoms with Gasteiger partial charge in [-0.05, 0) is 13.8 Å². The van der Waals surface area contributed by atoms with Crippen LogP contribution in [0, 0.1) is 0 Å². The highest BCUT2D eigenvalue weighted by atomic mass is 16.5. The second kappa shape index (κ2) is 4.99. The molecule has 2 heterocycles. The average molecular weight is 236 g/mol. The molecule has 6 heteroatoms. The summed E-state index contributed by atoms with van der Waals surface area (Å²) < 4.78 is 12.7. The zero-order valence-corrected chi connectivity index (χ0v) is 10.3. The Hall–Kier alpha value is -1.85. The van der Waals surface area contributed by atoms with Gasteiger partial charge in [0.25, 0.3) is 5.89 Å². The fourth-order valence-electron chi connectivity index (χ4n) is 1.31. The molecule has 0 aliphatic carbocycles. The Morgan fingerprint density at radius 2 is 2.12 bits per heavy atom. The molecule has 0 saturated carbocycles. The van der Waals surface area contributed by atoms with Gasteiger partial charge in [0, 0.05) is 12.5 Å². The minimum atomic E-state index is 0.275. The van der Waals surface area contributed by atoms with Gasteiger partial charge in [0.15, 0.2) is 12.4 Å². The van der Waals surface area contributed by atoms with Gasteiger partial charge in [0.05, 0.1) is 12.4 Å². The number of aromatic nitrogens is 4. The zero-order valence-electron chi connectivity index (χ0n) is 10.3. The van der Waals surface area contributed by atoms with Crippen LogP contribution in [0.4, 0.5) is 0 Å². The minimum absolute atomic E-state index is 0.275. The predicted molar refractivity (Wildman–Crippen MR) is 60.6 cm³/mol. The lowest BCUT2D eigenvalue weighted by Crippen LogP contribution is -2.00. The average Bonchev–Trinajstić information content (AvgIpc) is 2.95. The Kier molecular flexibility index (Phi) is 3.41. The van der Waals surface area contributed by atoms with Gasteiger partial charge in [0.1, 0.15) is 0 Å². The molecule has 2 aromatic heterocycles. The van der Waals surface area contributed by atoms with Crippen LogP contribution in [-0.2, 0) is 13.0 Å². The monoisotopic (exact) mass is 236 g/mol. The summed E-state index contributed by atoms with van der Waals surface area (Å²) in [5.74, 6) is 1.82. The number of ether oxygens (including phenoxy) is 1. The standard InChI is InChI=1S/C11H16N4O2/c1-4-10-13-14-11(17-10)7-16-9-5-12-15(6-9)8(2)3/h5-6,8H,4,7H2,1-3H3. The zero-order chi connectivity index (χ0) is 12.3. The van der Waals surface area contributed by atoms with Gasteiger partial charge in [-0.2, -0.15) is 5.10 Å². The molecular weight excluding hydrogens is 220 g/mol. The van der Waals surface area contributed by atoms with Crippen molar-refractivity contribution in [3.63, 3.8) is 0 Å². The first-order valence-corrected chi connectivity index (χ1v) is 5.67. The van der Waals surface area contributed by atoms with E-state index in [0.717, 1.165) is 6.42 Å². The second-order valence-corrected chi connectivity index (χ2v) is 3.98. The smallest absolute Gasteiger partial charge is 0.253 e. The van der Waals surface area contributed by atoms with Crippen LogP contribution in [0.2, 0.25) is 0 Å². The predicted octanol–water partition coefficient (Wildman–Crippen LogP) is 1.99. The fraction of sp³-hybridized carbons (Fsp3) is 0.545. The van der Waals surface area contributed by atoms with Crippen LogP contribution in [-0.4, -0.2) is 20.0 Å². The van der Waals surface area contributed by atoms with Gasteiger partial charge in [-0.15, -0.1) is 10.2 Å². The summed E-state index contributed by atoms with van der Waals surface area (Å²) >= 11 is 0. The molecule has 92 valence electrons. The van der Waals surface area contributed by atoms with Crippen molar-refractivity contribution in [2.24, 2.45) is 0 Å². The quantitative estimate of drug-likeness (QED) is 0.794. The number of hydrogen-bond donors (Lipinski definition) is 0. The van der Waals surface area contributed by atoms with E-state index in [2.05, 4.69) is 29.1 Å². The van der Waals surface area contributed by atoms with Gasteiger partial charge in [-0.1, -0.05) is 6.92 Å². The van der Waals surface area contributed by atoms with Crippen LogP contribution in [0.3, 0.4) is 0 Å². The van der Waals surface area contributed by atoms with Crippen LogP contribution >= 0.6 is 0 Å². The van der Waals surface area contributed by atoms with E-state index in [1.165, 1.54) is 0 Å². The van der Waals surface area contributed by atoms with Crippen molar-refractivity contribution >= 4 is 0 Å². The molecule has 0 fully saturated rings. The van der Waals surface area contributed by atoms with E-state index in [-0.39, 0.29) is 6.61 Å². The van der Waals surface area contributed by atoms with E-state index in [0.29, 0.717) is 23.6 Å². The first-order chi connectivity index (χ1) is 8.19. The molecule has 2 rings (SSSR count). The lowest BCUT2D eigenvalue weighted by Gasteiger charge is -2.03. The third-order valence-electron chi connectivity index (χ3n) is 2.28. The molecule has 0 saturated heterocycles. The summed E-state index contributed by atoms with van der Waals surface area (Å²) in [4.78, 5) is 0. The highest BCUT2D eigenvalue weighted by Gasteiger charge is 2.07. The highest BCUT2D eigenvalue weighted by molar-refractivity contribution is 5.12. The largest absolute Gasteiger partial charge is 0.481 e. The maximum Gasteiger partial charge on any atom is 0.253 e. The number of hydrogen-bond acceptors (Lipinski definition) is 5. The topological polar surface area (TPSA) is 66.0 Å². The van der Waals surface area contributed by atoms with Crippen LogP contribution in [0.25, 0.3) is 0 Å². The molecule has 0 aliphatic rings. The molecule has 0 unspecified atom stereocenters. The summed E-state index contributed by atoms with van der Waals surface area (Å²) in [6, 6.07) is 0.322. The Morgan fingerprint density at radius 3 is 2.71 bits per heavy atom. The van der Waals surface area contributed by atoms with Crippen molar-refractivity contribution in [2.45, 2.75) is 39.8 Å². The first kappa shape index (κ1) is 11.6. The number of rotatable bonds is 5. The van der Waals surface area contributed by atoms with E-state index in [4.69, 9.17) is 9.15 Å². The van der Waals surface area contributed by atoms with Crippen LogP contribution in [0.15, 0.2) is 16.8 Å². The SMILES string of the molecule is CCc1nnc(COc2cnn(C(C)C)c2)o1. The molecule has 0 radical (unpaired) electrons. The molecule has 6 nitrogen and oxygen atoms in total. The van der Waals surface area contributed by atoms with Crippen LogP contribution in [0.5, 0.6) is 5.75 Å². The van der Waals surface area contributed by atoms with E-state index >= 15 is 0 Å². The summed E-state index contributed by atoms with van der Waals surface area (Å²) in [6.07, 6.45) is 4.26. The molecule has 0 spiro atoms. The summed E-state index contributed by atoms with van der Waals surface area (Å²) in [5.41, 5.74) is 0. The third-order valence-corrected chi connectivity index (χ3v) is 2.28. The summed E-state index contributed by atoms with van der Waals surface area (Å²) in [5, 5.41) is 11.9. The highest BCUT2D eigenvalue weighted by Crippen LogP contribution is 2.14. The van der Waals surface area contributed by atoms with E-state index in [9.17, 15) is 0 Å². The van der Waals surface area contributed by atoms with Gasteiger partial charge < -0.3 is 9.15 Å². The maximum absolute atomic E-state index is 5.50. The Morgan fingerprint density at radius 1 is 1.35 bits per heavy atom. The Bertz CT molecular complexity index is 475. The lowest BCUT2D eigenvalue weighted by molar-refractivity contribution is 0.259. The normalized spacial score (nSPS) is 11.1. The minimum Gasteiger partial charge on any atom is -0.481 e. The van der Waals surface area contributed by atoms with Gasteiger partial charge >= 0.3 is 0 Å². The van der Waals surface area contributed by atoms with Crippen molar-refractivity contribution in [3.8, 4) is 5.75 Å². The third kappa shape index (κ3) is 2.83. The molecule has 0 aromatic carbocycles. The maximum atomic E-state index is 5.50. The summed E-state index contributed by atoms with van der Waals surface area (Å²) in [6.45, 7) is 6.35. The molecule has 0 amide bonds. The van der Waals surface area contributed by atoms with Crippen molar-refractivity contribution in [3.05, 3.63) is 24.2 Å². The number of aryl methyl sites for hydroxylation is 1. The van der Waals surface area contributed by atoms with Gasteiger partial charge in [0.2, 0.25) is 5.89 Å². The Balaban J connectivity index is 1.92. The van der Waals surface area contributed by atoms with E-state index < -0.39 is 0 Å². The van der Waals surface area contributed by atoms with Gasteiger partial charge in [-0.3, -0.25) is 4.68 Å². The van der Waals surface area contributed by atoms with Crippen molar-refractivity contribution in [1.29, 1.82) is 0 Å². The molecule has 0 aliphatic heterocycles. The first-order valence-electron chi connectivity index (χ1n) is 5.67. The molecule has 2 aromatic rings. The van der Waals surface area contributed by atoms with Crippen molar-refractivity contribution in [1.82, 2.24) is 20.0 Å². The van der Waals surface area contributed by atoms with Crippen LogP contribution < -0.4 is 4.74 Å². The van der Waals surface area contributed by atoms with Crippen LogP contribution in [0.1, 0.15) is 38.6 Å². The summed E-state index contributed by atoms with van der Waals surface area (Å²) in [7, 11) is 0. The molecule has 17 heavy (non-hydrogen) atoms. The number of nitrogens with zero attached hydrogens (tertiary/aromatic N) is 4.